The summed E-state index contributed by atoms with van der Waals surface area (Å²) >= 11 is 0. The molecule has 4 heteroatoms. The lowest BCUT2D eigenvalue weighted by Gasteiger charge is -2.10. The Balaban J connectivity index is 2.30. The van der Waals surface area contributed by atoms with Crippen molar-refractivity contribution >= 4 is 0 Å². The summed E-state index contributed by atoms with van der Waals surface area (Å²) in [5.74, 6) is -0.232. The largest absolute Gasteiger partial charge is 0.317 e. The van der Waals surface area contributed by atoms with Gasteiger partial charge in [-0.3, -0.25) is 5.10 Å². The number of nitrogens with zero attached hydrogens (tertiary/aromatic N) is 1. The summed E-state index contributed by atoms with van der Waals surface area (Å²) in [6.07, 6.45) is 2.66. The molecule has 0 aliphatic rings. The number of hydrogen-bond donors (Lipinski definition) is 2. The van der Waals surface area contributed by atoms with Crippen LogP contribution < -0.4 is 5.32 Å². The van der Waals surface area contributed by atoms with Crippen molar-refractivity contribution in [1.29, 1.82) is 0 Å². The first-order valence-corrected chi connectivity index (χ1v) is 5.66. The molecule has 0 fully saturated rings. The fourth-order valence-corrected chi connectivity index (χ4v) is 1.79. The van der Waals surface area contributed by atoms with Crippen molar-refractivity contribution in [2.75, 3.05) is 7.05 Å². The first kappa shape index (κ1) is 11.8. The van der Waals surface area contributed by atoms with Crippen LogP contribution in [0.15, 0.2) is 30.5 Å². The molecule has 1 heterocycles. The number of H-pyrrole nitrogens is 1. The molecule has 0 saturated carbocycles. The van der Waals surface area contributed by atoms with Gasteiger partial charge in [0, 0.05) is 11.6 Å². The smallest absolute Gasteiger partial charge is 0.123 e. The van der Waals surface area contributed by atoms with Crippen LogP contribution in [-0.2, 0) is 6.42 Å². The summed E-state index contributed by atoms with van der Waals surface area (Å²) in [5, 5.41) is 10.2. The molecule has 0 amide bonds. The van der Waals surface area contributed by atoms with E-state index in [0.29, 0.717) is 6.04 Å². The molecule has 0 radical (unpaired) electrons. The Morgan fingerprint density at radius 2 is 2.29 bits per heavy atom. The van der Waals surface area contributed by atoms with Gasteiger partial charge in [0.1, 0.15) is 5.82 Å². The Bertz CT molecular complexity index is 493. The van der Waals surface area contributed by atoms with Gasteiger partial charge in [-0.15, -0.1) is 0 Å². The third-order valence-electron chi connectivity index (χ3n) is 2.85. The summed E-state index contributed by atoms with van der Waals surface area (Å²) in [4.78, 5) is 0. The Kier molecular flexibility index (Phi) is 3.54. The molecule has 0 aliphatic carbocycles. The van der Waals surface area contributed by atoms with Crippen molar-refractivity contribution in [2.24, 2.45) is 0 Å². The van der Waals surface area contributed by atoms with E-state index in [0.717, 1.165) is 23.2 Å². The molecular formula is C13H16FN3. The first-order chi connectivity index (χ1) is 8.20. The Morgan fingerprint density at radius 3 is 3.00 bits per heavy atom. The SMILES string of the molecule is CNC(C)Cc1cn[nH]c1-c1cccc(F)c1. The standard InChI is InChI=1S/C13H16FN3/c1-9(15-2)6-11-8-16-17-13(11)10-4-3-5-12(14)7-10/h3-5,7-9,15H,6H2,1-2H3,(H,16,17). The quantitative estimate of drug-likeness (QED) is 0.851. The van der Waals surface area contributed by atoms with Gasteiger partial charge < -0.3 is 5.32 Å². The number of hydrogen-bond acceptors (Lipinski definition) is 2. The molecule has 0 aliphatic heterocycles. The zero-order valence-corrected chi connectivity index (χ0v) is 10.00. The maximum absolute atomic E-state index is 13.2. The predicted octanol–water partition coefficient (Wildman–Crippen LogP) is 2.37. The van der Waals surface area contributed by atoms with E-state index < -0.39 is 0 Å². The molecule has 1 unspecified atom stereocenters. The fourth-order valence-electron chi connectivity index (χ4n) is 1.79. The highest BCUT2D eigenvalue weighted by Gasteiger charge is 2.10. The van der Waals surface area contributed by atoms with Crippen molar-refractivity contribution in [1.82, 2.24) is 15.5 Å². The van der Waals surface area contributed by atoms with E-state index >= 15 is 0 Å². The Labute approximate surface area is 100 Å². The lowest BCUT2D eigenvalue weighted by Crippen LogP contribution is -2.23. The molecule has 1 atom stereocenters. The molecule has 2 N–H and O–H groups in total. The number of halogens is 1. The second kappa shape index (κ2) is 5.10. The van der Waals surface area contributed by atoms with Gasteiger partial charge in [-0.2, -0.15) is 5.10 Å². The minimum Gasteiger partial charge on any atom is -0.317 e. The molecule has 17 heavy (non-hydrogen) atoms. The van der Waals surface area contributed by atoms with E-state index in [9.17, 15) is 4.39 Å². The third-order valence-corrected chi connectivity index (χ3v) is 2.85. The van der Waals surface area contributed by atoms with Crippen molar-refractivity contribution < 1.29 is 4.39 Å². The maximum Gasteiger partial charge on any atom is 0.123 e. The number of aromatic nitrogens is 2. The number of nitrogens with one attached hydrogen (secondary N) is 2. The van der Waals surface area contributed by atoms with Gasteiger partial charge in [0.2, 0.25) is 0 Å². The molecule has 1 aromatic heterocycles. The van der Waals surface area contributed by atoms with Gasteiger partial charge >= 0.3 is 0 Å². The number of benzene rings is 1. The van der Waals surface area contributed by atoms with E-state index in [-0.39, 0.29) is 5.82 Å². The molecule has 2 rings (SSSR count). The number of aromatic amines is 1. The van der Waals surface area contributed by atoms with E-state index in [4.69, 9.17) is 0 Å². The molecular weight excluding hydrogens is 217 g/mol. The highest BCUT2D eigenvalue weighted by molar-refractivity contribution is 5.62. The topological polar surface area (TPSA) is 40.7 Å². The molecule has 3 nitrogen and oxygen atoms in total. The molecule has 90 valence electrons. The molecule has 0 spiro atoms. The highest BCUT2D eigenvalue weighted by atomic mass is 19.1. The van der Waals surface area contributed by atoms with Crippen molar-refractivity contribution in [3.8, 4) is 11.3 Å². The number of rotatable bonds is 4. The second-order valence-electron chi connectivity index (χ2n) is 4.17. The molecule has 2 aromatic rings. The molecule has 1 aromatic carbocycles. The summed E-state index contributed by atoms with van der Waals surface area (Å²) < 4.78 is 13.2. The summed E-state index contributed by atoms with van der Waals surface area (Å²) in [7, 11) is 1.92. The van der Waals surface area contributed by atoms with Crippen LogP contribution in [0.4, 0.5) is 4.39 Å². The van der Waals surface area contributed by atoms with Crippen molar-refractivity contribution in [2.45, 2.75) is 19.4 Å². The Hall–Kier alpha value is -1.68. The van der Waals surface area contributed by atoms with Crippen LogP contribution in [0.5, 0.6) is 0 Å². The highest BCUT2D eigenvalue weighted by Crippen LogP contribution is 2.22. The van der Waals surface area contributed by atoms with Crippen LogP contribution in [0.3, 0.4) is 0 Å². The third kappa shape index (κ3) is 2.71. The first-order valence-electron chi connectivity index (χ1n) is 5.66. The van der Waals surface area contributed by atoms with Gasteiger partial charge in [-0.05, 0) is 38.1 Å². The van der Waals surface area contributed by atoms with Crippen LogP contribution in [0.1, 0.15) is 12.5 Å². The van der Waals surface area contributed by atoms with E-state index in [1.54, 1.807) is 12.3 Å². The lowest BCUT2D eigenvalue weighted by molar-refractivity contribution is 0.609. The summed E-state index contributed by atoms with van der Waals surface area (Å²) in [5.41, 5.74) is 2.82. The Morgan fingerprint density at radius 1 is 1.47 bits per heavy atom. The molecule has 0 bridgehead atoms. The summed E-state index contributed by atoms with van der Waals surface area (Å²) in [6, 6.07) is 6.90. The van der Waals surface area contributed by atoms with Crippen LogP contribution in [0.25, 0.3) is 11.3 Å². The van der Waals surface area contributed by atoms with Gasteiger partial charge in [-0.1, -0.05) is 12.1 Å². The zero-order chi connectivity index (χ0) is 12.3. The number of likely N-dealkylation sites (N-methyl/N-ethyl adjacent to an activating group) is 1. The van der Waals surface area contributed by atoms with Crippen LogP contribution in [0.2, 0.25) is 0 Å². The minimum absolute atomic E-state index is 0.232. The van der Waals surface area contributed by atoms with Gasteiger partial charge in [0.05, 0.1) is 11.9 Å². The van der Waals surface area contributed by atoms with Crippen LogP contribution >= 0.6 is 0 Å². The average Bonchev–Trinajstić information content (AvgIpc) is 2.77. The lowest BCUT2D eigenvalue weighted by atomic mass is 10.0. The van der Waals surface area contributed by atoms with Crippen molar-refractivity contribution in [3.05, 3.63) is 41.8 Å². The second-order valence-corrected chi connectivity index (χ2v) is 4.17. The van der Waals surface area contributed by atoms with E-state index in [1.807, 2.05) is 13.1 Å². The van der Waals surface area contributed by atoms with Gasteiger partial charge in [0.25, 0.3) is 0 Å². The van der Waals surface area contributed by atoms with E-state index in [1.165, 1.54) is 12.1 Å². The average molecular weight is 233 g/mol. The van der Waals surface area contributed by atoms with Gasteiger partial charge in [0.15, 0.2) is 0 Å². The van der Waals surface area contributed by atoms with Crippen molar-refractivity contribution in [3.63, 3.8) is 0 Å². The maximum atomic E-state index is 13.2. The van der Waals surface area contributed by atoms with Gasteiger partial charge in [-0.25, -0.2) is 4.39 Å². The monoisotopic (exact) mass is 233 g/mol. The van der Waals surface area contributed by atoms with Crippen LogP contribution in [-0.4, -0.2) is 23.3 Å². The molecule has 0 saturated heterocycles. The summed E-state index contributed by atoms with van der Waals surface area (Å²) in [6.45, 7) is 2.10. The normalized spacial score (nSPS) is 12.6. The minimum atomic E-state index is -0.232. The van der Waals surface area contributed by atoms with Crippen LogP contribution in [0, 0.1) is 5.82 Å². The zero-order valence-electron chi connectivity index (χ0n) is 10.00. The predicted molar refractivity (Wildman–Crippen MR) is 66.2 cm³/mol. The van der Waals surface area contributed by atoms with E-state index in [2.05, 4.69) is 22.4 Å². The fraction of sp³-hybridized carbons (Fsp3) is 0.308.